The number of fused-ring (bicyclic) bond motifs is 6. The SMILES string of the molecule is C=Cc1ccc2cc3c(ccc4c5c(ccc43)CC=C5)cc2c1. The van der Waals surface area contributed by atoms with Gasteiger partial charge in [-0.3, -0.25) is 0 Å². The highest BCUT2D eigenvalue weighted by Gasteiger charge is 2.11. The van der Waals surface area contributed by atoms with Gasteiger partial charge in [-0.15, -0.1) is 0 Å². The van der Waals surface area contributed by atoms with Gasteiger partial charge in [0.05, 0.1) is 0 Å². The van der Waals surface area contributed by atoms with Gasteiger partial charge in [0.2, 0.25) is 0 Å². The van der Waals surface area contributed by atoms with E-state index < -0.39 is 0 Å². The molecule has 0 atom stereocenters. The maximum Gasteiger partial charge on any atom is -0.00879 e. The average molecular weight is 292 g/mol. The van der Waals surface area contributed by atoms with E-state index in [-0.39, 0.29) is 0 Å². The normalized spacial score (nSPS) is 13.0. The molecule has 0 N–H and O–H groups in total. The van der Waals surface area contributed by atoms with E-state index in [9.17, 15) is 0 Å². The molecule has 0 saturated carbocycles. The second kappa shape index (κ2) is 4.57. The van der Waals surface area contributed by atoms with E-state index in [0.29, 0.717) is 0 Å². The van der Waals surface area contributed by atoms with Crippen LogP contribution in [-0.2, 0) is 6.42 Å². The van der Waals surface area contributed by atoms with Crippen LogP contribution in [0, 0.1) is 0 Å². The summed E-state index contributed by atoms with van der Waals surface area (Å²) >= 11 is 0. The lowest BCUT2D eigenvalue weighted by Crippen LogP contribution is -1.86. The Hall–Kier alpha value is -2.86. The zero-order valence-electron chi connectivity index (χ0n) is 12.8. The molecule has 23 heavy (non-hydrogen) atoms. The predicted molar refractivity (Wildman–Crippen MR) is 102 cm³/mol. The fraction of sp³-hybridized carbons (Fsp3) is 0.0435. The maximum atomic E-state index is 3.87. The molecule has 0 heterocycles. The third-order valence-corrected chi connectivity index (χ3v) is 4.99. The van der Waals surface area contributed by atoms with Crippen LogP contribution in [0.3, 0.4) is 0 Å². The minimum absolute atomic E-state index is 1.06. The molecule has 0 radical (unpaired) electrons. The highest BCUT2D eigenvalue weighted by molar-refractivity contribution is 6.14. The molecule has 1 aliphatic carbocycles. The molecule has 4 aromatic rings. The van der Waals surface area contributed by atoms with E-state index >= 15 is 0 Å². The monoisotopic (exact) mass is 292 g/mol. The number of rotatable bonds is 1. The Balaban J connectivity index is 1.91. The third kappa shape index (κ3) is 1.78. The van der Waals surface area contributed by atoms with Crippen molar-refractivity contribution in [3.63, 3.8) is 0 Å². The molecule has 0 nitrogen and oxygen atoms in total. The lowest BCUT2D eigenvalue weighted by Gasteiger charge is -2.10. The van der Waals surface area contributed by atoms with Crippen molar-refractivity contribution >= 4 is 44.5 Å². The molecule has 0 aromatic heterocycles. The van der Waals surface area contributed by atoms with E-state index in [4.69, 9.17) is 0 Å². The summed E-state index contributed by atoms with van der Waals surface area (Å²) < 4.78 is 0. The van der Waals surface area contributed by atoms with Crippen LogP contribution < -0.4 is 0 Å². The summed E-state index contributed by atoms with van der Waals surface area (Å²) in [4.78, 5) is 0. The minimum Gasteiger partial charge on any atom is -0.0985 e. The van der Waals surface area contributed by atoms with Crippen LogP contribution in [0.15, 0.2) is 67.3 Å². The molecule has 5 rings (SSSR count). The van der Waals surface area contributed by atoms with Gasteiger partial charge in [-0.25, -0.2) is 0 Å². The Morgan fingerprint density at radius 1 is 0.739 bits per heavy atom. The third-order valence-electron chi connectivity index (χ3n) is 4.99. The largest absolute Gasteiger partial charge is 0.0985 e. The standard InChI is InChI=1S/C23H16/c1-2-15-6-7-17-14-23-18(13-19(17)12-15)9-11-21-20-5-3-4-16(20)8-10-22(21)23/h2-3,5-14H,1,4H2. The van der Waals surface area contributed by atoms with Crippen LogP contribution in [-0.4, -0.2) is 0 Å². The fourth-order valence-electron chi connectivity index (χ4n) is 3.78. The molecule has 0 saturated heterocycles. The van der Waals surface area contributed by atoms with Crippen LogP contribution in [0.4, 0.5) is 0 Å². The Morgan fingerprint density at radius 3 is 2.52 bits per heavy atom. The van der Waals surface area contributed by atoms with E-state index in [0.717, 1.165) is 6.42 Å². The topological polar surface area (TPSA) is 0 Å². The van der Waals surface area contributed by atoms with Crippen molar-refractivity contribution in [3.8, 4) is 0 Å². The first-order valence-electron chi connectivity index (χ1n) is 8.04. The second-order valence-corrected chi connectivity index (χ2v) is 6.29. The van der Waals surface area contributed by atoms with E-state index in [2.05, 4.69) is 73.3 Å². The smallest absolute Gasteiger partial charge is 0.00879 e. The van der Waals surface area contributed by atoms with Crippen molar-refractivity contribution in [2.75, 3.05) is 0 Å². The van der Waals surface area contributed by atoms with Crippen molar-refractivity contribution < 1.29 is 0 Å². The van der Waals surface area contributed by atoms with Crippen LogP contribution >= 0.6 is 0 Å². The van der Waals surface area contributed by atoms with E-state index in [1.165, 1.54) is 49.0 Å². The van der Waals surface area contributed by atoms with Gasteiger partial charge in [-0.1, -0.05) is 61.2 Å². The number of allylic oxidation sites excluding steroid dienone is 1. The number of hydrogen-bond donors (Lipinski definition) is 0. The highest BCUT2D eigenvalue weighted by atomic mass is 14.1. The summed E-state index contributed by atoms with van der Waals surface area (Å²) in [6, 6.07) is 20.2. The molecule has 0 spiro atoms. The minimum atomic E-state index is 1.06. The summed E-state index contributed by atoms with van der Waals surface area (Å²) in [6.45, 7) is 3.87. The van der Waals surface area contributed by atoms with Crippen molar-refractivity contribution in [2.24, 2.45) is 0 Å². The summed E-state index contributed by atoms with van der Waals surface area (Å²) in [7, 11) is 0. The van der Waals surface area contributed by atoms with Gasteiger partial charge in [-0.2, -0.15) is 0 Å². The van der Waals surface area contributed by atoms with Gasteiger partial charge in [-0.05, 0) is 73.6 Å². The molecule has 0 aliphatic heterocycles. The molecular formula is C23H16. The quantitative estimate of drug-likeness (QED) is 0.283. The van der Waals surface area contributed by atoms with Crippen molar-refractivity contribution in [2.45, 2.75) is 6.42 Å². The molecule has 0 amide bonds. The summed E-state index contributed by atoms with van der Waals surface area (Å²) in [5.41, 5.74) is 4.00. The highest BCUT2D eigenvalue weighted by Crippen LogP contribution is 2.35. The lowest BCUT2D eigenvalue weighted by atomic mass is 9.94. The maximum absolute atomic E-state index is 3.87. The Kier molecular flexibility index (Phi) is 2.51. The summed E-state index contributed by atoms with van der Waals surface area (Å²) in [5, 5.41) is 7.91. The molecule has 0 fully saturated rings. The van der Waals surface area contributed by atoms with Crippen molar-refractivity contribution in [3.05, 3.63) is 83.9 Å². The molecule has 108 valence electrons. The van der Waals surface area contributed by atoms with Crippen molar-refractivity contribution in [1.29, 1.82) is 0 Å². The molecule has 1 aliphatic rings. The van der Waals surface area contributed by atoms with Gasteiger partial charge < -0.3 is 0 Å². The van der Waals surface area contributed by atoms with Crippen LogP contribution in [0.1, 0.15) is 16.7 Å². The zero-order chi connectivity index (χ0) is 15.4. The summed E-state index contributed by atoms with van der Waals surface area (Å²) in [5.74, 6) is 0. The molecular weight excluding hydrogens is 276 g/mol. The number of benzene rings is 4. The summed E-state index contributed by atoms with van der Waals surface area (Å²) in [6.07, 6.45) is 7.48. The van der Waals surface area contributed by atoms with Gasteiger partial charge >= 0.3 is 0 Å². The van der Waals surface area contributed by atoms with E-state index in [1.54, 1.807) is 0 Å². The Labute approximate surface area is 135 Å². The molecule has 4 aromatic carbocycles. The molecule has 0 heteroatoms. The first-order valence-corrected chi connectivity index (χ1v) is 8.04. The Bertz CT molecular complexity index is 1140. The first kappa shape index (κ1) is 12.7. The van der Waals surface area contributed by atoms with Crippen LogP contribution in [0.5, 0.6) is 0 Å². The number of hydrogen-bond acceptors (Lipinski definition) is 0. The Morgan fingerprint density at radius 2 is 1.61 bits per heavy atom. The second-order valence-electron chi connectivity index (χ2n) is 6.29. The van der Waals surface area contributed by atoms with Gasteiger partial charge in [0.25, 0.3) is 0 Å². The molecule has 0 unspecified atom stereocenters. The molecule has 0 bridgehead atoms. The van der Waals surface area contributed by atoms with E-state index in [1.807, 2.05) is 6.08 Å². The van der Waals surface area contributed by atoms with Gasteiger partial charge in [0, 0.05) is 0 Å². The predicted octanol–water partition coefficient (Wildman–Crippen LogP) is 6.36. The van der Waals surface area contributed by atoms with Crippen molar-refractivity contribution in [1.82, 2.24) is 0 Å². The first-order chi connectivity index (χ1) is 11.3. The average Bonchev–Trinajstić information content (AvgIpc) is 3.08. The van der Waals surface area contributed by atoms with Crippen LogP contribution in [0.25, 0.3) is 44.5 Å². The lowest BCUT2D eigenvalue weighted by molar-refractivity contribution is 1.32. The van der Waals surface area contributed by atoms with Gasteiger partial charge in [0.15, 0.2) is 0 Å². The fourth-order valence-corrected chi connectivity index (χ4v) is 3.78. The van der Waals surface area contributed by atoms with Crippen LogP contribution in [0.2, 0.25) is 0 Å². The van der Waals surface area contributed by atoms with Gasteiger partial charge in [0.1, 0.15) is 0 Å². The zero-order valence-corrected chi connectivity index (χ0v) is 12.8.